The Morgan fingerprint density at radius 3 is 2.25 bits per heavy atom. The van der Waals surface area contributed by atoms with E-state index in [0.717, 1.165) is 25.7 Å². The van der Waals surface area contributed by atoms with Gasteiger partial charge in [0.2, 0.25) is 0 Å². The lowest BCUT2D eigenvalue weighted by Gasteiger charge is -2.29. The Hall–Kier alpha value is -1.03. The van der Waals surface area contributed by atoms with Gasteiger partial charge in [-0.3, -0.25) is 0 Å². The van der Waals surface area contributed by atoms with Crippen molar-refractivity contribution in [1.29, 1.82) is 0 Å². The number of hydrogen-bond donors (Lipinski definition) is 1. The fraction of sp³-hybridized carbons (Fsp3) is 0.625. The van der Waals surface area contributed by atoms with E-state index in [1.165, 1.54) is 17.5 Å². The molecule has 0 radical (unpaired) electrons. The summed E-state index contributed by atoms with van der Waals surface area (Å²) in [6.45, 7) is 4.39. The Morgan fingerprint density at radius 1 is 1.10 bits per heavy atom. The SMILES string of the molecule is CC(C)c1ccccc1NC1CCC(S(C)(=O)=O)CC1. The van der Waals surface area contributed by atoms with E-state index in [1.54, 1.807) is 0 Å². The second-order valence-electron chi connectivity index (χ2n) is 6.19. The molecule has 1 aromatic carbocycles. The second-order valence-corrected chi connectivity index (χ2v) is 8.52. The van der Waals surface area contributed by atoms with Gasteiger partial charge in [-0.05, 0) is 43.2 Å². The summed E-state index contributed by atoms with van der Waals surface area (Å²) in [4.78, 5) is 0. The van der Waals surface area contributed by atoms with Crippen molar-refractivity contribution < 1.29 is 8.42 Å². The third-order valence-electron chi connectivity index (χ3n) is 4.22. The minimum absolute atomic E-state index is 0.138. The molecule has 0 saturated heterocycles. The quantitative estimate of drug-likeness (QED) is 0.923. The molecule has 4 heteroatoms. The Bertz CT molecular complexity index is 543. The first-order valence-corrected chi connectivity index (χ1v) is 9.37. The van der Waals surface area contributed by atoms with Gasteiger partial charge in [0.05, 0.1) is 5.25 Å². The van der Waals surface area contributed by atoms with E-state index < -0.39 is 9.84 Å². The molecule has 0 aliphatic heterocycles. The Kier molecular flexibility index (Phi) is 4.74. The lowest BCUT2D eigenvalue weighted by Crippen LogP contribution is -2.32. The average Bonchev–Trinajstić information content (AvgIpc) is 2.38. The highest BCUT2D eigenvalue weighted by Crippen LogP contribution is 2.29. The van der Waals surface area contributed by atoms with Gasteiger partial charge in [0.25, 0.3) is 0 Å². The van der Waals surface area contributed by atoms with Gasteiger partial charge in [0, 0.05) is 18.0 Å². The van der Waals surface area contributed by atoms with Gasteiger partial charge in [-0.15, -0.1) is 0 Å². The Balaban J connectivity index is 2.00. The van der Waals surface area contributed by atoms with Crippen molar-refractivity contribution in [2.75, 3.05) is 11.6 Å². The summed E-state index contributed by atoms with van der Waals surface area (Å²) >= 11 is 0. The van der Waals surface area contributed by atoms with Crippen molar-refractivity contribution in [2.45, 2.75) is 56.7 Å². The first-order chi connectivity index (χ1) is 9.38. The van der Waals surface area contributed by atoms with Crippen LogP contribution in [0.15, 0.2) is 24.3 Å². The standard InChI is InChI=1S/C16H25NO2S/c1-12(2)15-6-4-5-7-16(15)17-13-8-10-14(11-9-13)20(3,18)19/h4-7,12-14,17H,8-11H2,1-3H3. The lowest BCUT2D eigenvalue weighted by atomic mass is 9.93. The maximum atomic E-state index is 11.6. The largest absolute Gasteiger partial charge is 0.382 e. The molecule has 1 saturated carbocycles. The van der Waals surface area contributed by atoms with Crippen molar-refractivity contribution in [3.8, 4) is 0 Å². The molecular weight excluding hydrogens is 270 g/mol. The molecule has 0 unspecified atom stereocenters. The van der Waals surface area contributed by atoms with Crippen molar-refractivity contribution >= 4 is 15.5 Å². The minimum atomic E-state index is -2.87. The number of sulfone groups is 1. The molecule has 0 bridgehead atoms. The molecule has 20 heavy (non-hydrogen) atoms. The van der Waals surface area contributed by atoms with Crippen molar-refractivity contribution in [1.82, 2.24) is 0 Å². The fourth-order valence-electron chi connectivity index (χ4n) is 2.99. The first kappa shape index (κ1) is 15.4. The molecular formula is C16H25NO2S. The monoisotopic (exact) mass is 295 g/mol. The summed E-state index contributed by atoms with van der Waals surface area (Å²) < 4.78 is 23.1. The van der Waals surface area contributed by atoms with Gasteiger partial charge in [0.15, 0.2) is 0 Å². The lowest BCUT2D eigenvalue weighted by molar-refractivity contribution is 0.453. The van der Waals surface area contributed by atoms with Crippen LogP contribution in [0.5, 0.6) is 0 Å². The third kappa shape index (κ3) is 3.75. The summed E-state index contributed by atoms with van der Waals surface area (Å²) in [5.74, 6) is 0.492. The normalized spacial score (nSPS) is 23.8. The number of para-hydroxylation sites is 1. The van der Waals surface area contributed by atoms with E-state index in [0.29, 0.717) is 12.0 Å². The summed E-state index contributed by atoms with van der Waals surface area (Å²) in [6.07, 6.45) is 4.79. The first-order valence-electron chi connectivity index (χ1n) is 7.42. The van der Waals surface area contributed by atoms with Gasteiger partial charge in [-0.1, -0.05) is 32.0 Å². The van der Waals surface area contributed by atoms with Gasteiger partial charge in [-0.25, -0.2) is 8.42 Å². The highest BCUT2D eigenvalue weighted by Gasteiger charge is 2.27. The van der Waals surface area contributed by atoms with Crippen LogP contribution in [0.3, 0.4) is 0 Å². The maximum Gasteiger partial charge on any atom is 0.150 e. The second kappa shape index (κ2) is 6.17. The highest BCUT2D eigenvalue weighted by atomic mass is 32.2. The smallest absolute Gasteiger partial charge is 0.150 e. The van der Waals surface area contributed by atoms with E-state index in [9.17, 15) is 8.42 Å². The molecule has 1 aliphatic rings. The zero-order valence-corrected chi connectivity index (χ0v) is 13.4. The number of hydrogen-bond acceptors (Lipinski definition) is 3. The van der Waals surface area contributed by atoms with Crippen molar-refractivity contribution in [3.05, 3.63) is 29.8 Å². The Morgan fingerprint density at radius 2 is 1.70 bits per heavy atom. The van der Waals surface area contributed by atoms with Crippen molar-refractivity contribution in [2.24, 2.45) is 0 Å². The number of nitrogens with one attached hydrogen (secondary N) is 1. The van der Waals surface area contributed by atoms with Crippen LogP contribution in [0.2, 0.25) is 0 Å². The van der Waals surface area contributed by atoms with E-state index >= 15 is 0 Å². The molecule has 1 fully saturated rings. The van der Waals surface area contributed by atoms with Crippen LogP contribution in [0.4, 0.5) is 5.69 Å². The molecule has 0 aromatic heterocycles. The maximum absolute atomic E-state index is 11.6. The number of rotatable bonds is 4. The topological polar surface area (TPSA) is 46.2 Å². The van der Waals surface area contributed by atoms with Crippen LogP contribution in [0.25, 0.3) is 0 Å². The van der Waals surface area contributed by atoms with Gasteiger partial charge in [0.1, 0.15) is 9.84 Å². The predicted octanol–water partition coefficient (Wildman–Crippen LogP) is 3.58. The predicted molar refractivity (Wildman–Crippen MR) is 85.0 cm³/mol. The van der Waals surface area contributed by atoms with E-state index in [2.05, 4.69) is 43.4 Å². The molecule has 0 amide bonds. The molecule has 1 aliphatic carbocycles. The summed E-state index contributed by atoms with van der Waals surface area (Å²) in [6, 6.07) is 8.80. The molecule has 1 aromatic rings. The van der Waals surface area contributed by atoms with Crippen LogP contribution in [-0.2, 0) is 9.84 Å². The van der Waals surface area contributed by atoms with E-state index in [1.807, 2.05) is 0 Å². The van der Waals surface area contributed by atoms with Crippen molar-refractivity contribution in [3.63, 3.8) is 0 Å². The summed E-state index contributed by atoms with van der Waals surface area (Å²) in [5.41, 5.74) is 2.53. The molecule has 3 nitrogen and oxygen atoms in total. The summed E-state index contributed by atoms with van der Waals surface area (Å²) in [5, 5.41) is 3.47. The Labute approximate surface area is 122 Å². The summed E-state index contributed by atoms with van der Waals surface area (Å²) in [7, 11) is -2.87. The minimum Gasteiger partial charge on any atom is -0.382 e. The van der Waals surface area contributed by atoms with Gasteiger partial charge in [-0.2, -0.15) is 0 Å². The van der Waals surface area contributed by atoms with Crippen LogP contribution < -0.4 is 5.32 Å². The van der Waals surface area contributed by atoms with Crippen LogP contribution in [0.1, 0.15) is 51.0 Å². The van der Waals surface area contributed by atoms with Crippen LogP contribution in [0, 0.1) is 0 Å². The molecule has 0 heterocycles. The van der Waals surface area contributed by atoms with Crippen LogP contribution in [-0.4, -0.2) is 26.0 Å². The van der Waals surface area contributed by atoms with E-state index in [4.69, 9.17) is 0 Å². The van der Waals surface area contributed by atoms with E-state index in [-0.39, 0.29) is 5.25 Å². The average molecular weight is 295 g/mol. The van der Waals surface area contributed by atoms with Gasteiger partial charge >= 0.3 is 0 Å². The molecule has 2 rings (SSSR count). The number of benzene rings is 1. The number of anilines is 1. The molecule has 1 N–H and O–H groups in total. The third-order valence-corrected chi connectivity index (χ3v) is 5.90. The van der Waals surface area contributed by atoms with Gasteiger partial charge < -0.3 is 5.32 Å². The molecule has 112 valence electrons. The highest BCUT2D eigenvalue weighted by molar-refractivity contribution is 7.91. The molecule has 0 spiro atoms. The van der Waals surface area contributed by atoms with Crippen LogP contribution >= 0.6 is 0 Å². The zero-order chi connectivity index (χ0) is 14.8. The molecule has 0 atom stereocenters. The fourth-order valence-corrected chi connectivity index (χ4v) is 4.12. The zero-order valence-electron chi connectivity index (χ0n) is 12.6.